The third-order valence-electron chi connectivity index (χ3n) is 10.7. The van der Waals surface area contributed by atoms with Crippen LogP contribution in [0.1, 0.15) is 102 Å². The number of piperidine rings is 2. The summed E-state index contributed by atoms with van der Waals surface area (Å²) in [6.45, 7) is 15.7. The van der Waals surface area contributed by atoms with Crippen LogP contribution in [0.2, 0.25) is 0 Å². The minimum atomic E-state index is -0.611. The van der Waals surface area contributed by atoms with E-state index < -0.39 is 41.2 Å². The van der Waals surface area contributed by atoms with Crippen molar-refractivity contribution in [2.45, 2.75) is 104 Å². The SMILES string of the molecule is BrCCBr.CN(CCO)C(=O)OC(C)(C)C.CN(CCOCCBr)C(=O)OC(C)(C)C.CNCCOCCOc1ccc2c(c1)CN(C1CCC(=O)NC1=O)C2=O.Cl.O=C1CCC(N2Cc3cc(O)ccc3C2=O)C(=O)N1.O=CO[O-].[H-].[H-].[K+].[K+].[Na+]. The van der Waals surface area contributed by atoms with Crippen molar-refractivity contribution in [2.75, 3.05) is 96.4 Å². The van der Waals surface area contributed by atoms with E-state index in [2.05, 4.69) is 68.6 Å². The Morgan fingerprint density at radius 2 is 1.17 bits per heavy atom. The molecule has 6 rings (SSSR count). The van der Waals surface area contributed by atoms with Crippen molar-refractivity contribution in [3.63, 3.8) is 0 Å². The van der Waals surface area contributed by atoms with Gasteiger partial charge in [-0.15, -0.1) is 12.4 Å². The van der Waals surface area contributed by atoms with E-state index in [1.165, 1.54) is 31.7 Å². The summed E-state index contributed by atoms with van der Waals surface area (Å²) in [5.74, 6) is -1.08. The summed E-state index contributed by atoms with van der Waals surface area (Å²) >= 11 is 9.66. The number of nitrogens with one attached hydrogen (secondary N) is 3. The number of phenols is 1. The number of nitrogens with zero attached hydrogens (tertiary/aromatic N) is 4. The second-order valence-corrected chi connectivity index (χ2v) is 21.8. The van der Waals surface area contributed by atoms with Crippen molar-refractivity contribution in [2.24, 2.45) is 0 Å². The van der Waals surface area contributed by atoms with Crippen molar-refractivity contribution < 1.29 is 222 Å². The van der Waals surface area contributed by atoms with Gasteiger partial charge >= 0.3 is 145 Å². The van der Waals surface area contributed by atoms with E-state index in [-0.39, 0.29) is 216 Å². The zero-order valence-corrected chi connectivity index (χ0v) is 64.0. The topological polar surface area (TPSA) is 322 Å². The van der Waals surface area contributed by atoms with Gasteiger partial charge in [0, 0.05) is 86.8 Å². The number of aliphatic hydroxyl groups is 1. The van der Waals surface area contributed by atoms with Gasteiger partial charge in [0.15, 0.2) is 0 Å². The third kappa shape index (κ3) is 36.1. The molecule has 84 heavy (non-hydrogen) atoms. The molecule has 4 heterocycles. The first-order valence-corrected chi connectivity index (χ1v) is 28.6. The number of fused-ring (bicyclic) bond motifs is 2. The maximum atomic E-state index is 12.6. The van der Waals surface area contributed by atoms with Gasteiger partial charge in [-0.1, -0.05) is 47.8 Å². The average Bonchev–Trinajstić information content (AvgIpc) is 3.77. The Bertz CT molecular complexity index is 2360. The van der Waals surface area contributed by atoms with Gasteiger partial charge < -0.3 is 71.8 Å². The van der Waals surface area contributed by atoms with Crippen LogP contribution >= 0.6 is 60.2 Å². The summed E-state index contributed by atoms with van der Waals surface area (Å²) in [5.41, 5.74) is 1.70. The van der Waals surface area contributed by atoms with Crippen LogP contribution in [0.25, 0.3) is 0 Å². The Labute approximate surface area is 633 Å². The van der Waals surface area contributed by atoms with Crippen LogP contribution in [0.4, 0.5) is 9.59 Å². The van der Waals surface area contributed by atoms with Crippen LogP contribution in [0.5, 0.6) is 11.5 Å². The van der Waals surface area contributed by atoms with Crippen LogP contribution in [-0.4, -0.2) is 204 Å². The number of aliphatic hydroxyl groups excluding tert-OH is 1. The predicted octanol–water partition coefficient (Wildman–Crippen LogP) is -4.80. The number of ether oxygens (including phenoxy) is 5. The number of amides is 8. The quantitative estimate of drug-likeness (QED) is 0.0178. The van der Waals surface area contributed by atoms with E-state index in [1.807, 2.05) is 33.9 Å². The fraction of sp³-hybridized carbons (Fsp3) is 0.596. The van der Waals surface area contributed by atoms with Gasteiger partial charge in [0.25, 0.3) is 18.3 Å². The number of benzene rings is 2. The largest absolute Gasteiger partial charge is 1.00 e. The Morgan fingerprint density at radius 3 is 1.57 bits per heavy atom. The molecule has 0 bridgehead atoms. The molecule has 0 saturated carbocycles. The zero-order valence-electron chi connectivity index (χ0n) is 52.2. The number of carbonyl (C=O) groups excluding carboxylic acids is 9. The number of likely N-dealkylation sites (N-methyl/N-ethyl adjacent to an activating group) is 3. The van der Waals surface area contributed by atoms with E-state index in [4.69, 9.17) is 38.8 Å². The van der Waals surface area contributed by atoms with Gasteiger partial charge in [-0.25, -0.2) is 9.59 Å². The molecule has 2 aromatic carbocycles. The number of aromatic hydroxyl groups is 1. The van der Waals surface area contributed by atoms with E-state index >= 15 is 0 Å². The third-order valence-corrected chi connectivity index (χ3v) is 12.9. The maximum Gasteiger partial charge on any atom is 1.00 e. The first kappa shape index (κ1) is 89.5. The minimum Gasteiger partial charge on any atom is -1.00 e. The zero-order chi connectivity index (χ0) is 60.6. The average molecular weight is 1470 g/mol. The first-order valence-electron chi connectivity index (χ1n) is 25.3. The molecule has 2 saturated heterocycles. The molecule has 5 N–H and O–H groups in total. The second-order valence-electron chi connectivity index (χ2n) is 19.4. The van der Waals surface area contributed by atoms with Crippen molar-refractivity contribution >= 4 is 114 Å². The summed E-state index contributed by atoms with van der Waals surface area (Å²) in [4.78, 5) is 111. The monoisotopic (exact) mass is 1460 g/mol. The number of hydrogen-bond acceptors (Lipinski definition) is 19. The minimum absolute atomic E-state index is 0. The fourth-order valence-corrected chi connectivity index (χ4v) is 7.30. The molecule has 0 aliphatic carbocycles. The van der Waals surface area contributed by atoms with Crippen molar-refractivity contribution in [1.29, 1.82) is 0 Å². The standard InChI is InChI=1S/C18H23N3O5.C13H12N2O4.C10H20BrNO3.C8H17NO3.C2H4Br2.CH2O3.ClH.2K.Na.2H/c1-19-6-7-25-8-9-26-13-2-3-14-12(10-13)11-21(18(14)24)15-4-5-16(22)20-17(15)23;16-8-1-2-9-7(5-8)6-15(13(9)19)10-3-4-11(17)14-12(10)18;1-10(2,3)15-9(13)12(4)6-8-14-7-5-11;1-8(2,3)12-7(11)9(4)5-6-10;3-1-2-4;2-1-4-3;;;;;;/h2-3,10,15,19H,4-9,11H2,1H3,(H,20,22,23);1-2,5,10,16H,3-4,6H2,(H,14,17,18);5-8H2,1-4H3;10H,5-6H2,1-4H3;1-2H2;1,3H;1H;;;;;/q;;;;;;;3*+1;2*-1/p-1. The maximum absolute atomic E-state index is 12.6. The first-order chi connectivity index (χ1) is 37.7. The Hall–Kier alpha value is -0.927. The number of rotatable bonds is 18. The number of carbonyl (C=O) groups is 9. The van der Waals surface area contributed by atoms with Crippen LogP contribution in [-0.2, 0) is 60.9 Å². The van der Waals surface area contributed by atoms with Crippen LogP contribution < -0.4 is 158 Å². The Kier molecular flexibility index (Phi) is 52.1. The Morgan fingerprint density at radius 1 is 0.726 bits per heavy atom. The van der Waals surface area contributed by atoms with Crippen molar-refractivity contribution in [3.05, 3.63) is 58.7 Å². The molecule has 4 aliphatic rings. The second kappa shape index (κ2) is 48.9. The van der Waals surface area contributed by atoms with Gasteiger partial charge in [0.2, 0.25) is 23.6 Å². The van der Waals surface area contributed by atoms with Gasteiger partial charge in [-0.3, -0.25) is 44.2 Å². The van der Waals surface area contributed by atoms with Gasteiger partial charge in [0.1, 0.15) is 41.4 Å². The molecule has 0 spiro atoms. The van der Waals surface area contributed by atoms with Gasteiger partial charge in [0.05, 0.1) is 33.0 Å². The number of imide groups is 2. The number of alkyl halides is 3. The molecule has 462 valence electrons. The fourth-order valence-electron chi connectivity index (χ4n) is 7.07. The molecule has 8 amide bonds. The molecule has 32 heteroatoms. The van der Waals surface area contributed by atoms with Crippen LogP contribution in [0.3, 0.4) is 0 Å². The summed E-state index contributed by atoms with van der Waals surface area (Å²) in [6.07, 6.45) is 0.468. The molecule has 0 aromatic heterocycles. The van der Waals surface area contributed by atoms with Crippen molar-refractivity contribution in [1.82, 2.24) is 35.6 Å². The van der Waals surface area contributed by atoms with Crippen LogP contribution in [0.15, 0.2) is 36.4 Å². The molecule has 2 fully saturated rings. The molecule has 25 nitrogen and oxygen atoms in total. The van der Waals surface area contributed by atoms with E-state index in [9.17, 15) is 43.5 Å². The molecule has 2 aromatic rings. The van der Waals surface area contributed by atoms with Gasteiger partial charge in [-0.05, 0) is 109 Å². The summed E-state index contributed by atoms with van der Waals surface area (Å²) in [7, 11) is 5.15. The van der Waals surface area contributed by atoms with E-state index in [1.54, 1.807) is 53.1 Å². The summed E-state index contributed by atoms with van der Waals surface area (Å²) in [6, 6.07) is 8.62. The van der Waals surface area contributed by atoms with E-state index in [0.717, 1.165) is 28.1 Å². The molecular weight excluding hydrogens is 1390 g/mol. The molecule has 2 atom stereocenters. The predicted molar refractivity (Wildman–Crippen MR) is 311 cm³/mol. The van der Waals surface area contributed by atoms with Crippen molar-refractivity contribution in [3.8, 4) is 11.5 Å². The normalized spacial score (nSPS) is 15.3. The molecular formula is C52H80Br3ClK2N7NaO18. The summed E-state index contributed by atoms with van der Waals surface area (Å²) in [5, 5.41) is 36.8. The molecule has 2 unspecified atom stereocenters. The summed E-state index contributed by atoms with van der Waals surface area (Å²) < 4.78 is 26.5. The smallest absolute Gasteiger partial charge is 1.00 e. The Balaban J connectivity index is -0.000000240. The van der Waals surface area contributed by atoms with Crippen LogP contribution in [0, 0.1) is 0 Å². The number of hydrogen-bond donors (Lipinski definition) is 5. The molecule has 0 radical (unpaired) electrons. The number of halogens is 4. The van der Waals surface area contributed by atoms with E-state index in [0.29, 0.717) is 88.0 Å². The molecule has 4 aliphatic heterocycles. The van der Waals surface area contributed by atoms with Gasteiger partial charge in [-0.2, -0.15) is 0 Å². The number of phenolic OH excluding ortho intramolecular Hbond substituents is 1.